The average molecular weight is 420 g/mol. The van der Waals surface area contributed by atoms with Gasteiger partial charge in [-0.1, -0.05) is 83.9 Å². The molecule has 0 aliphatic heterocycles. The van der Waals surface area contributed by atoms with Gasteiger partial charge in [0.15, 0.2) is 5.82 Å². The lowest BCUT2D eigenvalue weighted by Crippen LogP contribution is -2.15. The molecule has 3 aromatic carbocycles. The van der Waals surface area contributed by atoms with Crippen LogP contribution in [0.4, 0.5) is 5.69 Å². The van der Waals surface area contributed by atoms with Crippen molar-refractivity contribution in [2.24, 2.45) is 0 Å². The van der Waals surface area contributed by atoms with E-state index in [4.69, 9.17) is 23.2 Å². The summed E-state index contributed by atoms with van der Waals surface area (Å²) < 4.78 is 0. The van der Waals surface area contributed by atoms with Crippen LogP contribution in [0.25, 0.3) is 22.6 Å². The van der Waals surface area contributed by atoms with Crippen molar-refractivity contribution in [1.29, 1.82) is 0 Å². The van der Waals surface area contributed by atoms with E-state index in [1.165, 1.54) is 0 Å². The molecule has 0 atom stereocenters. The Balaban J connectivity index is 1.76. The maximum absolute atomic E-state index is 13.0. The fourth-order valence-electron chi connectivity index (χ4n) is 2.91. The summed E-state index contributed by atoms with van der Waals surface area (Å²) in [4.78, 5) is 22.1. The monoisotopic (exact) mass is 419 g/mol. The molecule has 0 bridgehead atoms. The number of hydrogen-bond acceptors (Lipinski definition) is 3. The first-order chi connectivity index (χ1) is 14.1. The van der Waals surface area contributed by atoms with Crippen LogP contribution in [0.15, 0.2) is 85.1 Å². The van der Waals surface area contributed by atoms with Crippen molar-refractivity contribution in [1.82, 2.24) is 9.97 Å². The molecule has 142 valence electrons. The first kappa shape index (κ1) is 19.1. The van der Waals surface area contributed by atoms with Gasteiger partial charge in [0.1, 0.15) is 0 Å². The molecule has 0 aliphatic carbocycles. The summed E-state index contributed by atoms with van der Waals surface area (Å²) >= 11 is 12.1. The molecule has 1 amide bonds. The molecule has 0 unspecified atom stereocenters. The SMILES string of the molecule is O=C(Nc1cc(Cl)cc(Cl)c1)c1cnc(-c2ccccc2)nc1-c1ccccc1. The number of anilines is 1. The van der Waals surface area contributed by atoms with Gasteiger partial charge in [0.2, 0.25) is 0 Å². The zero-order valence-electron chi connectivity index (χ0n) is 15.1. The van der Waals surface area contributed by atoms with Crippen molar-refractivity contribution in [2.75, 3.05) is 5.32 Å². The molecule has 1 aromatic heterocycles. The van der Waals surface area contributed by atoms with Gasteiger partial charge < -0.3 is 5.32 Å². The predicted octanol–water partition coefficient (Wildman–Crippen LogP) is 6.37. The van der Waals surface area contributed by atoms with Crippen molar-refractivity contribution in [3.05, 3.63) is 101 Å². The van der Waals surface area contributed by atoms with Gasteiger partial charge in [0.05, 0.1) is 11.3 Å². The molecular formula is C23H15Cl2N3O. The van der Waals surface area contributed by atoms with Gasteiger partial charge in [-0.25, -0.2) is 9.97 Å². The Kier molecular flexibility index (Phi) is 5.56. The Morgan fingerprint density at radius 1 is 0.793 bits per heavy atom. The first-order valence-corrected chi connectivity index (χ1v) is 9.61. The quantitative estimate of drug-likeness (QED) is 0.417. The number of nitrogens with one attached hydrogen (secondary N) is 1. The van der Waals surface area contributed by atoms with E-state index in [9.17, 15) is 4.79 Å². The first-order valence-electron chi connectivity index (χ1n) is 8.85. The van der Waals surface area contributed by atoms with E-state index >= 15 is 0 Å². The molecule has 0 radical (unpaired) electrons. The molecule has 4 aromatic rings. The van der Waals surface area contributed by atoms with Gasteiger partial charge >= 0.3 is 0 Å². The lowest BCUT2D eigenvalue weighted by atomic mass is 10.1. The van der Waals surface area contributed by atoms with Gasteiger partial charge in [-0.3, -0.25) is 4.79 Å². The Hall–Kier alpha value is -3.21. The van der Waals surface area contributed by atoms with Gasteiger partial charge in [-0.2, -0.15) is 0 Å². The van der Waals surface area contributed by atoms with Crippen LogP contribution in [0.2, 0.25) is 10.0 Å². The van der Waals surface area contributed by atoms with Gasteiger partial charge in [0, 0.05) is 33.1 Å². The number of nitrogens with zero attached hydrogens (tertiary/aromatic N) is 2. The highest BCUT2D eigenvalue weighted by molar-refractivity contribution is 6.35. The van der Waals surface area contributed by atoms with Gasteiger partial charge in [-0.05, 0) is 18.2 Å². The van der Waals surface area contributed by atoms with Crippen LogP contribution in [0.3, 0.4) is 0 Å². The topological polar surface area (TPSA) is 54.9 Å². The normalized spacial score (nSPS) is 10.6. The Bertz CT molecular complexity index is 1150. The molecule has 0 saturated carbocycles. The minimum atomic E-state index is -0.346. The number of halogens is 2. The third-order valence-corrected chi connectivity index (χ3v) is 4.67. The number of benzene rings is 3. The number of rotatable bonds is 4. The van der Waals surface area contributed by atoms with Crippen molar-refractivity contribution in [3.8, 4) is 22.6 Å². The van der Waals surface area contributed by atoms with Crippen molar-refractivity contribution < 1.29 is 4.79 Å². The maximum Gasteiger partial charge on any atom is 0.259 e. The third kappa shape index (κ3) is 4.45. The zero-order chi connectivity index (χ0) is 20.2. The van der Waals surface area contributed by atoms with Crippen LogP contribution in [-0.4, -0.2) is 15.9 Å². The molecule has 29 heavy (non-hydrogen) atoms. The predicted molar refractivity (Wildman–Crippen MR) is 117 cm³/mol. The van der Waals surface area contributed by atoms with Crippen LogP contribution in [0.5, 0.6) is 0 Å². The average Bonchev–Trinajstić information content (AvgIpc) is 2.74. The van der Waals surface area contributed by atoms with Crippen LogP contribution < -0.4 is 5.32 Å². The molecule has 1 N–H and O–H groups in total. The van der Waals surface area contributed by atoms with Crippen LogP contribution in [-0.2, 0) is 0 Å². The van der Waals surface area contributed by atoms with Crippen LogP contribution >= 0.6 is 23.2 Å². The van der Waals surface area contributed by atoms with Crippen molar-refractivity contribution in [2.45, 2.75) is 0 Å². The Morgan fingerprint density at radius 2 is 1.38 bits per heavy atom. The highest BCUT2D eigenvalue weighted by Gasteiger charge is 2.17. The van der Waals surface area contributed by atoms with E-state index in [0.29, 0.717) is 32.8 Å². The van der Waals surface area contributed by atoms with E-state index < -0.39 is 0 Å². The minimum absolute atomic E-state index is 0.346. The van der Waals surface area contributed by atoms with Crippen LogP contribution in [0.1, 0.15) is 10.4 Å². The Labute approximate surface area is 178 Å². The standard InChI is InChI=1S/C23H15Cl2N3O/c24-17-11-18(25)13-19(12-17)27-23(29)20-14-26-22(16-9-5-2-6-10-16)28-21(20)15-7-3-1-4-8-15/h1-14H,(H,27,29). The molecule has 1 heterocycles. The largest absolute Gasteiger partial charge is 0.322 e. The van der Waals surface area contributed by atoms with E-state index in [1.54, 1.807) is 24.4 Å². The fourth-order valence-corrected chi connectivity index (χ4v) is 3.44. The number of carbonyl (C=O) groups is 1. The number of aromatic nitrogens is 2. The van der Waals surface area contributed by atoms with Crippen molar-refractivity contribution >= 4 is 34.8 Å². The second-order valence-electron chi connectivity index (χ2n) is 6.30. The van der Waals surface area contributed by atoms with Gasteiger partial charge in [-0.15, -0.1) is 0 Å². The molecule has 6 heteroatoms. The van der Waals surface area contributed by atoms with Crippen LogP contribution in [0, 0.1) is 0 Å². The summed E-state index contributed by atoms with van der Waals surface area (Å²) in [7, 11) is 0. The lowest BCUT2D eigenvalue weighted by molar-refractivity contribution is 0.102. The summed E-state index contributed by atoms with van der Waals surface area (Å²) in [5, 5.41) is 3.70. The summed E-state index contributed by atoms with van der Waals surface area (Å²) in [5.74, 6) is 0.202. The Morgan fingerprint density at radius 3 is 2.00 bits per heavy atom. The summed E-state index contributed by atoms with van der Waals surface area (Å²) in [6, 6.07) is 24.0. The van der Waals surface area contributed by atoms with E-state index in [-0.39, 0.29) is 5.91 Å². The maximum atomic E-state index is 13.0. The molecule has 4 rings (SSSR count). The molecule has 0 saturated heterocycles. The van der Waals surface area contributed by atoms with E-state index in [2.05, 4.69) is 15.3 Å². The fraction of sp³-hybridized carbons (Fsp3) is 0. The highest BCUT2D eigenvalue weighted by atomic mass is 35.5. The summed E-state index contributed by atoms with van der Waals surface area (Å²) in [5.41, 5.74) is 3.09. The molecule has 4 nitrogen and oxygen atoms in total. The number of amides is 1. The number of hydrogen-bond donors (Lipinski definition) is 1. The summed E-state index contributed by atoms with van der Waals surface area (Å²) in [6.07, 6.45) is 1.54. The number of carbonyl (C=O) groups excluding carboxylic acids is 1. The molecular weight excluding hydrogens is 405 g/mol. The summed E-state index contributed by atoms with van der Waals surface area (Å²) in [6.45, 7) is 0. The van der Waals surface area contributed by atoms with Crippen molar-refractivity contribution in [3.63, 3.8) is 0 Å². The second-order valence-corrected chi connectivity index (χ2v) is 7.17. The van der Waals surface area contributed by atoms with E-state index in [0.717, 1.165) is 11.1 Å². The molecule has 0 fully saturated rings. The smallest absolute Gasteiger partial charge is 0.259 e. The minimum Gasteiger partial charge on any atom is -0.322 e. The third-order valence-electron chi connectivity index (χ3n) is 4.23. The molecule has 0 aliphatic rings. The van der Waals surface area contributed by atoms with E-state index in [1.807, 2.05) is 60.7 Å². The van der Waals surface area contributed by atoms with Gasteiger partial charge in [0.25, 0.3) is 5.91 Å². The molecule has 0 spiro atoms. The second kappa shape index (κ2) is 8.43. The highest BCUT2D eigenvalue weighted by Crippen LogP contribution is 2.27. The zero-order valence-corrected chi connectivity index (χ0v) is 16.7. The lowest BCUT2D eigenvalue weighted by Gasteiger charge is -2.12.